The van der Waals surface area contributed by atoms with E-state index in [1.54, 1.807) is 36.2 Å². The molecule has 0 aliphatic carbocycles. The van der Waals surface area contributed by atoms with Gasteiger partial charge in [-0.25, -0.2) is 4.98 Å². The molecule has 0 atom stereocenters. The van der Waals surface area contributed by atoms with Crippen molar-refractivity contribution in [3.05, 3.63) is 70.4 Å². The number of hydrogen-bond donors (Lipinski definition) is 1. The van der Waals surface area contributed by atoms with Crippen molar-refractivity contribution >= 4 is 28.9 Å². The number of nitro benzene ring substituents is 1. The highest BCUT2D eigenvalue weighted by atomic mass is 16.6. The Labute approximate surface area is 220 Å². The number of nitro groups is 1. The molecule has 2 heterocycles. The largest absolute Gasteiger partial charge is 0.494 e. The zero-order valence-corrected chi connectivity index (χ0v) is 21.8. The van der Waals surface area contributed by atoms with Crippen molar-refractivity contribution < 1.29 is 19.2 Å². The van der Waals surface area contributed by atoms with E-state index in [4.69, 9.17) is 9.47 Å². The summed E-state index contributed by atoms with van der Waals surface area (Å²) in [6.07, 6.45) is 1.33. The first-order valence-electron chi connectivity index (χ1n) is 12.1. The highest BCUT2D eigenvalue weighted by molar-refractivity contribution is 5.94. The second kappa shape index (κ2) is 11.7. The van der Waals surface area contributed by atoms with Gasteiger partial charge in [-0.1, -0.05) is 18.2 Å². The molecule has 0 saturated carbocycles. The first-order valence-corrected chi connectivity index (χ1v) is 12.1. The molecule has 12 heteroatoms. The zero-order chi connectivity index (χ0) is 27.2. The van der Waals surface area contributed by atoms with E-state index in [1.165, 1.54) is 19.4 Å². The maximum absolute atomic E-state index is 12.5. The molecule has 0 spiro atoms. The van der Waals surface area contributed by atoms with E-state index >= 15 is 0 Å². The number of rotatable bonds is 11. The smallest absolute Gasteiger partial charge is 0.294 e. The molecule has 12 nitrogen and oxygen atoms in total. The van der Waals surface area contributed by atoms with Gasteiger partial charge in [0.2, 0.25) is 11.8 Å². The minimum atomic E-state index is -0.425. The van der Waals surface area contributed by atoms with E-state index in [-0.39, 0.29) is 23.6 Å². The molecular formula is C26H31N7O5. The summed E-state index contributed by atoms with van der Waals surface area (Å²) in [6.45, 7) is 2.23. The lowest BCUT2D eigenvalue weighted by Crippen LogP contribution is -2.56. The van der Waals surface area contributed by atoms with Crippen LogP contribution in [0.5, 0.6) is 11.6 Å². The molecule has 4 rings (SSSR count). The number of likely N-dealkylation sites (N-methyl/N-ethyl adjacent to an activating group) is 2. The average Bonchev–Trinajstić information content (AvgIpc) is 2.89. The predicted molar refractivity (Wildman–Crippen MR) is 144 cm³/mol. The Morgan fingerprint density at radius 1 is 1.16 bits per heavy atom. The number of ether oxygens (including phenoxy) is 2. The second-order valence-electron chi connectivity index (χ2n) is 9.18. The van der Waals surface area contributed by atoms with E-state index in [1.807, 2.05) is 42.1 Å². The van der Waals surface area contributed by atoms with Crippen molar-refractivity contribution in [2.24, 2.45) is 0 Å². The quantitative estimate of drug-likeness (QED) is 0.297. The lowest BCUT2D eigenvalue weighted by Gasteiger charge is -2.38. The Balaban J connectivity index is 1.44. The van der Waals surface area contributed by atoms with Crippen LogP contribution in [0.1, 0.15) is 10.4 Å². The molecule has 1 fully saturated rings. The first-order chi connectivity index (χ1) is 18.2. The number of nitrogens with one attached hydrogen (secondary N) is 1. The van der Waals surface area contributed by atoms with Gasteiger partial charge in [-0.3, -0.25) is 14.9 Å². The van der Waals surface area contributed by atoms with Crippen LogP contribution < -0.4 is 19.7 Å². The Morgan fingerprint density at radius 2 is 1.89 bits per heavy atom. The van der Waals surface area contributed by atoms with E-state index in [2.05, 4.69) is 15.3 Å². The molecule has 1 aromatic heterocycles. The minimum absolute atomic E-state index is 0.0417. The third kappa shape index (κ3) is 6.27. The van der Waals surface area contributed by atoms with Crippen LogP contribution in [-0.4, -0.2) is 91.1 Å². The maximum atomic E-state index is 12.5. The van der Waals surface area contributed by atoms with Crippen LogP contribution >= 0.6 is 0 Å². The summed E-state index contributed by atoms with van der Waals surface area (Å²) in [5, 5.41) is 14.9. The Hall–Kier alpha value is -4.45. The predicted octanol–water partition coefficient (Wildman–Crippen LogP) is 3.04. The van der Waals surface area contributed by atoms with Crippen molar-refractivity contribution in [1.82, 2.24) is 19.8 Å². The molecule has 0 radical (unpaired) electrons. The molecular weight excluding hydrogens is 490 g/mol. The summed E-state index contributed by atoms with van der Waals surface area (Å²) in [4.78, 5) is 38.1. The second-order valence-corrected chi connectivity index (χ2v) is 9.18. The molecule has 1 aliphatic heterocycles. The monoisotopic (exact) mass is 521 g/mol. The molecule has 200 valence electrons. The van der Waals surface area contributed by atoms with Crippen molar-refractivity contribution in [3.63, 3.8) is 0 Å². The number of nitrogens with zero attached hydrogens (tertiary/aromatic N) is 6. The van der Waals surface area contributed by atoms with Crippen LogP contribution in [-0.2, 0) is 0 Å². The third-order valence-corrected chi connectivity index (χ3v) is 6.11. The number of hydrogen-bond acceptors (Lipinski definition) is 10. The molecule has 0 unspecified atom stereocenters. The summed E-state index contributed by atoms with van der Waals surface area (Å²) in [5.41, 5.74) is 1.36. The van der Waals surface area contributed by atoms with Gasteiger partial charge in [-0.2, -0.15) is 4.98 Å². The topological polar surface area (TPSA) is 126 Å². The molecule has 1 amide bonds. The lowest BCUT2D eigenvalue weighted by atomic mass is 10.1. The number of amides is 1. The highest BCUT2D eigenvalue weighted by Crippen LogP contribution is 2.39. The van der Waals surface area contributed by atoms with Crippen LogP contribution in [0.3, 0.4) is 0 Å². The molecule has 2 aromatic carbocycles. The van der Waals surface area contributed by atoms with Gasteiger partial charge in [0.15, 0.2) is 0 Å². The summed E-state index contributed by atoms with van der Waals surface area (Å²) >= 11 is 0. The summed E-state index contributed by atoms with van der Waals surface area (Å²) in [7, 11) is 7.19. The van der Waals surface area contributed by atoms with E-state index in [9.17, 15) is 14.9 Å². The molecule has 1 saturated heterocycles. The van der Waals surface area contributed by atoms with Crippen molar-refractivity contribution in [3.8, 4) is 11.6 Å². The van der Waals surface area contributed by atoms with Crippen molar-refractivity contribution in [2.75, 3.05) is 64.6 Å². The van der Waals surface area contributed by atoms with Gasteiger partial charge >= 0.3 is 0 Å². The Bertz CT molecular complexity index is 1280. The third-order valence-electron chi connectivity index (χ3n) is 6.11. The van der Waals surface area contributed by atoms with Crippen molar-refractivity contribution in [2.45, 2.75) is 6.10 Å². The fourth-order valence-electron chi connectivity index (χ4n) is 3.95. The van der Waals surface area contributed by atoms with Gasteiger partial charge in [0.1, 0.15) is 17.5 Å². The molecule has 38 heavy (non-hydrogen) atoms. The summed E-state index contributed by atoms with van der Waals surface area (Å²) < 4.78 is 11.4. The van der Waals surface area contributed by atoms with E-state index < -0.39 is 4.92 Å². The molecule has 3 aromatic rings. The highest BCUT2D eigenvalue weighted by Gasteiger charge is 2.33. The van der Waals surface area contributed by atoms with Crippen molar-refractivity contribution in [1.29, 1.82) is 0 Å². The maximum Gasteiger partial charge on any atom is 0.294 e. The average molecular weight is 522 g/mol. The summed E-state index contributed by atoms with van der Waals surface area (Å²) in [6, 6.07) is 13.8. The van der Waals surface area contributed by atoms with Crippen LogP contribution in [0.25, 0.3) is 0 Å². The standard InChI is InChI=1S/C26H31N7O5/c1-30(2)12-13-31(3)21-15-23(37-4)20(14-22(21)33(35)36)28-26-27-11-10-24(29-26)38-19-16-32(17-19)25(34)18-8-6-5-7-9-18/h5-11,14-15,19H,12-13,16-17H2,1-4H3,(H,27,28,29). The fourth-order valence-corrected chi connectivity index (χ4v) is 3.95. The molecule has 1 N–H and O–H groups in total. The van der Waals surface area contributed by atoms with Gasteiger partial charge in [-0.05, 0) is 26.2 Å². The first kappa shape index (κ1) is 26.6. The summed E-state index contributed by atoms with van der Waals surface area (Å²) in [5.74, 6) is 0.888. The number of methoxy groups -OCH3 is 1. The van der Waals surface area contributed by atoms with Gasteiger partial charge in [0, 0.05) is 50.1 Å². The number of aromatic nitrogens is 2. The lowest BCUT2D eigenvalue weighted by molar-refractivity contribution is -0.384. The Morgan fingerprint density at radius 3 is 2.55 bits per heavy atom. The number of likely N-dealkylation sites (tertiary alicyclic amines) is 1. The van der Waals surface area contributed by atoms with Crippen LogP contribution in [0.15, 0.2) is 54.7 Å². The number of anilines is 3. The van der Waals surface area contributed by atoms with Gasteiger partial charge in [0.05, 0.1) is 30.8 Å². The number of benzene rings is 2. The normalized spacial score (nSPS) is 13.1. The number of carbonyl (C=O) groups excluding carboxylic acids is 1. The fraction of sp³-hybridized carbons (Fsp3) is 0.346. The van der Waals surface area contributed by atoms with Gasteiger partial charge < -0.3 is 29.5 Å². The van der Waals surface area contributed by atoms with E-state index in [0.717, 1.165) is 6.54 Å². The zero-order valence-electron chi connectivity index (χ0n) is 21.8. The molecule has 1 aliphatic rings. The van der Waals surface area contributed by atoms with Crippen LogP contribution in [0, 0.1) is 10.1 Å². The minimum Gasteiger partial charge on any atom is -0.494 e. The molecule has 0 bridgehead atoms. The van der Waals surface area contributed by atoms with Crippen LogP contribution in [0.2, 0.25) is 0 Å². The van der Waals surface area contributed by atoms with E-state index in [0.29, 0.717) is 48.2 Å². The van der Waals surface area contributed by atoms with Gasteiger partial charge in [-0.15, -0.1) is 0 Å². The van der Waals surface area contributed by atoms with Gasteiger partial charge in [0.25, 0.3) is 11.6 Å². The Kier molecular flexibility index (Phi) is 8.22. The van der Waals surface area contributed by atoms with Crippen LogP contribution in [0.4, 0.5) is 23.0 Å². The number of carbonyl (C=O) groups is 1. The SMILES string of the molecule is COc1cc(N(C)CCN(C)C)c([N+](=O)[O-])cc1Nc1nccc(OC2CN(C(=O)c3ccccc3)C2)n1.